The zero-order valence-corrected chi connectivity index (χ0v) is 17.0. The molecule has 1 N–H and O–H groups in total. The molecule has 148 valence electrons. The van der Waals surface area contributed by atoms with E-state index in [1.165, 1.54) is 23.3 Å². The van der Waals surface area contributed by atoms with E-state index in [0.29, 0.717) is 31.0 Å². The SMILES string of the molecule is CC1Cc2nn3c(c2CN1C(=O)Nc1ccc(F)c(Br)c1)C(=O)N(C)OCC3. The second kappa shape index (κ2) is 7.17. The summed E-state index contributed by atoms with van der Waals surface area (Å²) in [5, 5.41) is 8.56. The van der Waals surface area contributed by atoms with Crippen LogP contribution in [0.25, 0.3) is 0 Å². The van der Waals surface area contributed by atoms with Crippen LogP contribution in [0.15, 0.2) is 22.7 Å². The molecule has 0 radical (unpaired) electrons. The van der Waals surface area contributed by atoms with E-state index in [1.807, 2.05) is 6.92 Å². The fourth-order valence-corrected chi connectivity index (χ4v) is 3.89. The fourth-order valence-electron chi connectivity index (χ4n) is 3.51. The highest BCUT2D eigenvalue weighted by Crippen LogP contribution is 2.29. The van der Waals surface area contributed by atoms with Crippen LogP contribution in [-0.2, 0) is 24.3 Å². The number of anilines is 1. The molecular weight excluding hydrogens is 433 g/mol. The van der Waals surface area contributed by atoms with Gasteiger partial charge < -0.3 is 10.2 Å². The van der Waals surface area contributed by atoms with Crippen molar-refractivity contribution in [3.8, 4) is 0 Å². The van der Waals surface area contributed by atoms with Crippen LogP contribution in [0.3, 0.4) is 0 Å². The van der Waals surface area contributed by atoms with Crippen molar-refractivity contribution in [2.24, 2.45) is 0 Å². The summed E-state index contributed by atoms with van der Waals surface area (Å²) in [6.45, 7) is 3.03. The lowest BCUT2D eigenvalue weighted by molar-refractivity contribution is -0.103. The minimum Gasteiger partial charge on any atom is -0.317 e. The summed E-state index contributed by atoms with van der Waals surface area (Å²) in [5.74, 6) is -0.676. The molecule has 3 amide bonds. The molecular formula is C18H19BrFN5O3. The summed E-state index contributed by atoms with van der Waals surface area (Å²) in [4.78, 5) is 32.5. The summed E-state index contributed by atoms with van der Waals surface area (Å²) in [6.07, 6.45) is 0.549. The highest BCUT2D eigenvalue weighted by Gasteiger charge is 2.35. The van der Waals surface area contributed by atoms with E-state index >= 15 is 0 Å². The molecule has 8 nitrogen and oxygen atoms in total. The van der Waals surface area contributed by atoms with Gasteiger partial charge >= 0.3 is 6.03 Å². The molecule has 4 rings (SSSR count). The number of rotatable bonds is 1. The number of amides is 3. The Bertz CT molecular complexity index is 963. The molecule has 28 heavy (non-hydrogen) atoms. The van der Waals surface area contributed by atoms with E-state index in [1.54, 1.807) is 16.6 Å². The van der Waals surface area contributed by atoms with Gasteiger partial charge in [0.2, 0.25) is 0 Å². The average molecular weight is 452 g/mol. The van der Waals surface area contributed by atoms with Gasteiger partial charge in [0.15, 0.2) is 0 Å². The Balaban J connectivity index is 1.60. The van der Waals surface area contributed by atoms with Crippen molar-refractivity contribution >= 4 is 33.6 Å². The number of aromatic nitrogens is 2. The summed E-state index contributed by atoms with van der Waals surface area (Å²) >= 11 is 3.12. The first-order valence-corrected chi connectivity index (χ1v) is 9.66. The molecule has 0 saturated heterocycles. The van der Waals surface area contributed by atoms with Crippen molar-refractivity contribution in [2.45, 2.75) is 32.5 Å². The van der Waals surface area contributed by atoms with E-state index in [0.717, 1.165) is 11.3 Å². The molecule has 0 spiro atoms. The third kappa shape index (κ3) is 3.26. The Kier molecular flexibility index (Phi) is 4.84. The Labute approximate surface area is 169 Å². The molecule has 1 aromatic carbocycles. The molecule has 0 saturated carbocycles. The molecule has 2 aromatic rings. The largest absolute Gasteiger partial charge is 0.322 e. The second-order valence-electron chi connectivity index (χ2n) is 6.87. The zero-order chi connectivity index (χ0) is 20.0. The van der Waals surface area contributed by atoms with Crippen LogP contribution in [0.4, 0.5) is 14.9 Å². The highest BCUT2D eigenvalue weighted by atomic mass is 79.9. The number of carbonyl (C=O) groups excluding carboxylic acids is 2. The second-order valence-corrected chi connectivity index (χ2v) is 7.73. The third-order valence-electron chi connectivity index (χ3n) is 4.99. The van der Waals surface area contributed by atoms with E-state index < -0.39 is 5.82 Å². The first-order valence-electron chi connectivity index (χ1n) is 8.87. The highest BCUT2D eigenvalue weighted by molar-refractivity contribution is 9.10. The zero-order valence-electron chi connectivity index (χ0n) is 15.4. The van der Waals surface area contributed by atoms with Crippen molar-refractivity contribution in [3.63, 3.8) is 0 Å². The van der Waals surface area contributed by atoms with Crippen molar-refractivity contribution < 1.29 is 18.8 Å². The molecule has 1 atom stereocenters. The number of urea groups is 1. The van der Waals surface area contributed by atoms with Gasteiger partial charge in [-0.3, -0.25) is 14.3 Å². The smallest absolute Gasteiger partial charge is 0.317 e. The van der Waals surface area contributed by atoms with E-state index in [4.69, 9.17) is 4.84 Å². The summed E-state index contributed by atoms with van der Waals surface area (Å²) in [5.41, 5.74) is 2.52. The van der Waals surface area contributed by atoms with Gasteiger partial charge in [-0.05, 0) is 41.1 Å². The van der Waals surface area contributed by atoms with Crippen LogP contribution < -0.4 is 5.32 Å². The van der Waals surface area contributed by atoms with E-state index in [2.05, 4.69) is 26.3 Å². The Hall–Kier alpha value is -2.46. The maximum Gasteiger partial charge on any atom is 0.322 e. The van der Waals surface area contributed by atoms with Gasteiger partial charge in [0, 0.05) is 30.8 Å². The van der Waals surface area contributed by atoms with Crippen molar-refractivity contribution in [2.75, 3.05) is 19.0 Å². The number of benzene rings is 1. The predicted octanol–water partition coefficient (Wildman–Crippen LogP) is 2.78. The van der Waals surface area contributed by atoms with E-state index in [-0.39, 0.29) is 29.0 Å². The maximum absolute atomic E-state index is 13.4. The lowest BCUT2D eigenvalue weighted by Crippen LogP contribution is -2.45. The van der Waals surface area contributed by atoms with Gasteiger partial charge in [0.05, 0.1) is 29.9 Å². The monoisotopic (exact) mass is 451 g/mol. The van der Waals surface area contributed by atoms with Gasteiger partial charge in [-0.15, -0.1) is 0 Å². The number of hydrogen-bond acceptors (Lipinski definition) is 4. The van der Waals surface area contributed by atoms with Crippen LogP contribution in [0.2, 0.25) is 0 Å². The first kappa shape index (κ1) is 18.9. The fraction of sp³-hybridized carbons (Fsp3) is 0.389. The lowest BCUT2D eigenvalue weighted by atomic mass is 9.99. The van der Waals surface area contributed by atoms with Gasteiger partial charge in [-0.1, -0.05) is 0 Å². The molecule has 3 heterocycles. The molecule has 0 bridgehead atoms. The Morgan fingerprint density at radius 2 is 2.21 bits per heavy atom. The third-order valence-corrected chi connectivity index (χ3v) is 5.60. The van der Waals surface area contributed by atoms with Crippen molar-refractivity contribution in [1.82, 2.24) is 19.7 Å². The van der Waals surface area contributed by atoms with Gasteiger partial charge in [0.25, 0.3) is 5.91 Å². The predicted molar refractivity (Wildman–Crippen MR) is 102 cm³/mol. The average Bonchev–Trinajstić information content (AvgIpc) is 2.93. The minimum absolute atomic E-state index is 0.0976. The van der Waals surface area contributed by atoms with Gasteiger partial charge in [-0.25, -0.2) is 14.2 Å². The lowest BCUT2D eigenvalue weighted by Gasteiger charge is -2.33. The topological polar surface area (TPSA) is 79.7 Å². The molecule has 0 fully saturated rings. The number of carbonyl (C=O) groups is 2. The van der Waals surface area contributed by atoms with Crippen LogP contribution in [-0.4, -0.2) is 51.4 Å². The molecule has 0 aliphatic carbocycles. The molecule has 2 aliphatic heterocycles. The normalized spacial score (nSPS) is 19.1. The van der Waals surface area contributed by atoms with Crippen molar-refractivity contribution in [3.05, 3.63) is 45.4 Å². The van der Waals surface area contributed by atoms with Crippen LogP contribution in [0, 0.1) is 5.82 Å². The number of halogens is 2. The minimum atomic E-state index is -0.401. The quantitative estimate of drug-likeness (QED) is 0.722. The van der Waals surface area contributed by atoms with Gasteiger partial charge in [-0.2, -0.15) is 5.10 Å². The maximum atomic E-state index is 13.4. The van der Waals surface area contributed by atoms with Gasteiger partial charge in [0.1, 0.15) is 11.5 Å². The number of hydroxylamine groups is 2. The first-order chi connectivity index (χ1) is 13.3. The number of nitrogens with zero attached hydrogens (tertiary/aromatic N) is 4. The molecule has 1 aromatic heterocycles. The standard InChI is InChI=1S/C18H19BrFN5O3/c1-10-7-15-12(16-17(26)23(2)28-6-5-25(16)22-15)9-24(10)18(27)21-11-3-4-14(20)13(19)8-11/h3-4,8,10H,5-7,9H2,1-2H3,(H,21,27). The van der Waals surface area contributed by atoms with Crippen LogP contribution in [0.5, 0.6) is 0 Å². The van der Waals surface area contributed by atoms with Crippen LogP contribution >= 0.6 is 15.9 Å². The number of fused-ring (bicyclic) bond motifs is 3. The Morgan fingerprint density at radius 3 is 2.96 bits per heavy atom. The number of nitrogens with one attached hydrogen (secondary N) is 1. The summed E-state index contributed by atoms with van der Waals surface area (Å²) < 4.78 is 15.4. The number of hydrogen-bond donors (Lipinski definition) is 1. The van der Waals surface area contributed by atoms with Crippen LogP contribution in [0.1, 0.15) is 28.7 Å². The molecule has 1 unspecified atom stereocenters. The molecule has 2 aliphatic rings. The molecule has 10 heteroatoms. The van der Waals surface area contributed by atoms with E-state index in [9.17, 15) is 14.0 Å². The van der Waals surface area contributed by atoms with Crippen molar-refractivity contribution in [1.29, 1.82) is 0 Å². The summed E-state index contributed by atoms with van der Waals surface area (Å²) in [7, 11) is 1.57. The summed E-state index contributed by atoms with van der Waals surface area (Å²) in [6, 6.07) is 3.88. The Morgan fingerprint density at radius 1 is 1.43 bits per heavy atom.